The van der Waals surface area contributed by atoms with Crippen LogP contribution >= 0.6 is 0 Å². The Labute approximate surface area is 203 Å². The van der Waals surface area contributed by atoms with Gasteiger partial charge in [-0.05, 0) is 60.8 Å². The van der Waals surface area contributed by atoms with Gasteiger partial charge in [0.2, 0.25) is 0 Å². The molecule has 0 radical (unpaired) electrons. The van der Waals surface area contributed by atoms with Crippen molar-refractivity contribution in [2.45, 2.75) is 44.1 Å². The molecule has 2 saturated carbocycles. The molecule has 3 aliphatic carbocycles. The lowest BCUT2D eigenvalue weighted by Gasteiger charge is -2.23. The molecule has 180 valence electrons. The average Bonchev–Trinajstić information content (AvgIpc) is 3.38. The van der Waals surface area contributed by atoms with E-state index in [9.17, 15) is 4.39 Å². The Morgan fingerprint density at radius 3 is 2.66 bits per heavy atom. The molecule has 3 heterocycles. The van der Waals surface area contributed by atoms with Crippen molar-refractivity contribution in [1.82, 2.24) is 19.9 Å². The van der Waals surface area contributed by atoms with Crippen LogP contribution < -0.4 is 20.7 Å². The molecule has 1 saturated heterocycles. The van der Waals surface area contributed by atoms with E-state index in [4.69, 9.17) is 20.4 Å². The Morgan fingerprint density at radius 2 is 1.91 bits per heavy atom. The Bertz CT molecular complexity index is 1310. The van der Waals surface area contributed by atoms with Crippen molar-refractivity contribution >= 4 is 11.5 Å². The highest BCUT2D eigenvalue weighted by atomic mass is 19.1. The van der Waals surface area contributed by atoms with E-state index in [0.717, 1.165) is 78.5 Å². The van der Waals surface area contributed by atoms with E-state index >= 15 is 0 Å². The summed E-state index contributed by atoms with van der Waals surface area (Å²) in [7, 11) is 1.81. The van der Waals surface area contributed by atoms with Crippen molar-refractivity contribution in [3.05, 3.63) is 47.4 Å². The molecule has 4 aliphatic rings. The fourth-order valence-corrected chi connectivity index (χ4v) is 6.11. The normalized spacial score (nSPS) is 24.3. The molecule has 0 spiro atoms. The zero-order chi connectivity index (χ0) is 23.7. The molecule has 3 atom stereocenters. The minimum absolute atomic E-state index is 0.221. The molecule has 0 bridgehead atoms. The van der Waals surface area contributed by atoms with E-state index in [2.05, 4.69) is 20.2 Å². The van der Waals surface area contributed by atoms with Crippen molar-refractivity contribution < 1.29 is 9.13 Å². The molecule has 1 aromatic carbocycles. The Hall–Kier alpha value is -3.33. The molecule has 8 nitrogen and oxygen atoms in total. The first kappa shape index (κ1) is 21.0. The summed E-state index contributed by atoms with van der Waals surface area (Å²) < 4.78 is 20.6. The van der Waals surface area contributed by atoms with Crippen molar-refractivity contribution in [2.75, 3.05) is 30.4 Å². The number of nitrogens with one attached hydrogen (secondary N) is 1. The van der Waals surface area contributed by atoms with Gasteiger partial charge < -0.3 is 20.7 Å². The maximum absolute atomic E-state index is 14.6. The monoisotopic (exact) mass is 473 g/mol. The second-order valence-electron chi connectivity index (χ2n) is 10.3. The van der Waals surface area contributed by atoms with Gasteiger partial charge in [0.15, 0.2) is 5.75 Å². The van der Waals surface area contributed by atoms with Gasteiger partial charge >= 0.3 is 6.01 Å². The number of fused-ring (bicyclic) bond motifs is 4. The summed E-state index contributed by atoms with van der Waals surface area (Å²) >= 11 is 0. The second kappa shape index (κ2) is 7.84. The van der Waals surface area contributed by atoms with Crippen LogP contribution in [0.1, 0.15) is 48.7 Å². The van der Waals surface area contributed by atoms with Crippen LogP contribution in [0.5, 0.6) is 11.8 Å². The summed E-state index contributed by atoms with van der Waals surface area (Å²) in [5.74, 6) is 3.39. The number of nitrogens with zero attached hydrogens (tertiary/aromatic N) is 5. The van der Waals surface area contributed by atoms with Crippen LogP contribution in [0.15, 0.2) is 24.5 Å². The predicted octanol–water partition coefficient (Wildman–Crippen LogP) is 3.86. The first-order chi connectivity index (χ1) is 17.1. The summed E-state index contributed by atoms with van der Waals surface area (Å²) in [6.07, 6.45) is 8.49. The second-order valence-corrected chi connectivity index (χ2v) is 10.3. The Kier molecular flexibility index (Phi) is 4.70. The van der Waals surface area contributed by atoms with Gasteiger partial charge in [-0.3, -0.25) is 0 Å². The highest BCUT2D eigenvalue weighted by Crippen LogP contribution is 2.48. The van der Waals surface area contributed by atoms with E-state index in [0.29, 0.717) is 29.9 Å². The first-order valence-electron chi connectivity index (χ1n) is 12.5. The summed E-state index contributed by atoms with van der Waals surface area (Å²) in [5.41, 5.74) is 10.8. The van der Waals surface area contributed by atoms with E-state index in [-0.39, 0.29) is 17.9 Å². The van der Waals surface area contributed by atoms with Gasteiger partial charge in [-0.15, -0.1) is 0 Å². The molecule has 0 amide bonds. The maximum atomic E-state index is 14.6. The lowest BCUT2D eigenvalue weighted by molar-refractivity contribution is 0.435. The van der Waals surface area contributed by atoms with Gasteiger partial charge in [-0.2, -0.15) is 9.97 Å². The summed E-state index contributed by atoms with van der Waals surface area (Å²) in [5, 5.41) is 3.14. The van der Waals surface area contributed by atoms with Gasteiger partial charge in [0, 0.05) is 49.8 Å². The van der Waals surface area contributed by atoms with Crippen molar-refractivity contribution in [2.24, 2.45) is 17.6 Å². The summed E-state index contributed by atoms with van der Waals surface area (Å²) in [6.45, 7) is 1.74. The zero-order valence-electron chi connectivity index (χ0n) is 19.7. The number of aromatic nitrogens is 4. The predicted molar refractivity (Wildman–Crippen MR) is 130 cm³/mol. The highest BCUT2D eigenvalue weighted by molar-refractivity contribution is 5.88. The quantitative estimate of drug-likeness (QED) is 0.451. The van der Waals surface area contributed by atoms with Crippen molar-refractivity contribution in [3.8, 4) is 22.9 Å². The number of nitrogens with two attached hydrogens (primary N) is 1. The Morgan fingerprint density at radius 1 is 1.09 bits per heavy atom. The van der Waals surface area contributed by atoms with Gasteiger partial charge in [0.1, 0.15) is 17.5 Å². The molecule has 3 fully saturated rings. The molecule has 35 heavy (non-hydrogen) atoms. The van der Waals surface area contributed by atoms with Crippen LogP contribution in [-0.2, 0) is 6.42 Å². The molecule has 7 rings (SSSR count). The van der Waals surface area contributed by atoms with E-state index in [1.807, 2.05) is 7.05 Å². The van der Waals surface area contributed by atoms with Crippen LogP contribution in [0.4, 0.5) is 15.9 Å². The largest absolute Gasteiger partial charge is 0.421 e. The number of halogens is 1. The fourth-order valence-electron chi connectivity index (χ4n) is 6.11. The minimum atomic E-state index is -0.277. The summed E-state index contributed by atoms with van der Waals surface area (Å²) in [4.78, 5) is 20.9. The lowest BCUT2D eigenvalue weighted by atomic mass is 9.98. The maximum Gasteiger partial charge on any atom is 0.324 e. The van der Waals surface area contributed by atoms with Crippen LogP contribution in [0.3, 0.4) is 0 Å². The summed E-state index contributed by atoms with van der Waals surface area (Å²) in [6, 6.07) is 3.62. The number of ether oxygens (including phenoxy) is 1. The van der Waals surface area contributed by atoms with Crippen molar-refractivity contribution in [1.29, 1.82) is 0 Å². The number of hydrogen-bond acceptors (Lipinski definition) is 8. The van der Waals surface area contributed by atoms with Gasteiger partial charge in [-0.25, -0.2) is 14.4 Å². The number of hydrogen-bond donors (Lipinski definition) is 2. The van der Waals surface area contributed by atoms with Crippen LogP contribution in [0.25, 0.3) is 11.1 Å². The van der Waals surface area contributed by atoms with Gasteiger partial charge in [-0.1, -0.05) is 0 Å². The molecule has 3 N–H and O–H groups in total. The minimum Gasteiger partial charge on any atom is -0.421 e. The number of anilines is 2. The molecule has 3 unspecified atom stereocenters. The van der Waals surface area contributed by atoms with E-state index in [1.54, 1.807) is 18.5 Å². The van der Waals surface area contributed by atoms with Crippen LogP contribution in [0, 0.1) is 17.7 Å². The molecular weight excluding hydrogens is 445 g/mol. The molecule has 3 aromatic rings. The third-order valence-electron chi connectivity index (χ3n) is 8.05. The average molecular weight is 474 g/mol. The lowest BCUT2D eigenvalue weighted by Crippen LogP contribution is -2.30. The topological polar surface area (TPSA) is 102 Å². The molecular formula is C26H28FN7O. The standard InChI is InChI=1S/C26H28FN7O/c1-29-21-7-15(27)6-18-17(21)8-22-23(18)25(34-11-14-4-5-20(28)19(14)12-34)33-26(32-22)35-16-9-30-24(31-10-16)13-2-3-13/h6-7,9-10,13-14,19-20,29H,2-5,8,11-12,28H2,1H3. The molecule has 9 heteroatoms. The smallest absolute Gasteiger partial charge is 0.324 e. The Balaban J connectivity index is 1.29. The fraction of sp³-hybridized carbons (Fsp3) is 0.462. The van der Waals surface area contributed by atoms with E-state index < -0.39 is 0 Å². The van der Waals surface area contributed by atoms with Crippen molar-refractivity contribution in [3.63, 3.8) is 0 Å². The zero-order valence-corrected chi connectivity index (χ0v) is 19.7. The molecule has 2 aromatic heterocycles. The van der Waals surface area contributed by atoms with Gasteiger partial charge in [0.05, 0.1) is 18.1 Å². The third-order valence-corrected chi connectivity index (χ3v) is 8.05. The number of benzene rings is 1. The third kappa shape index (κ3) is 3.52. The highest BCUT2D eigenvalue weighted by Gasteiger charge is 2.43. The number of rotatable bonds is 5. The van der Waals surface area contributed by atoms with Crippen LogP contribution in [0.2, 0.25) is 0 Å². The first-order valence-corrected chi connectivity index (χ1v) is 12.5. The molecule has 1 aliphatic heterocycles. The van der Waals surface area contributed by atoms with Gasteiger partial charge in [0.25, 0.3) is 0 Å². The van der Waals surface area contributed by atoms with Crippen LogP contribution in [-0.4, -0.2) is 46.1 Å². The SMILES string of the molecule is CNc1cc(F)cc2c1Cc1nc(Oc3cnc(C4CC4)nc3)nc(N3CC4CCC(N)C4C3)c1-2. The van der Waals surface area contributed by atoms with E-state index in [1.165, 1.54) is 6.07 Å².